The fourth-order valence-corrected chi connectivity index (χ4v) is 1.76. The van der Waals surface area contributed by atoms with Gasteiger partial charge < -0.3 is 5.73 Å². The summed E-state index contributed by atoms with van der Waals surface area (Å²) in [6.07, 6.45) is 1.84. The number of benzene rings is 1. The van der Waals surface area contributed by atoms with E-state index in [9.17, 15) is 0 Å². The maximum absolute atomic E-state index is 6.11. The third kappa shape index (κ3) is 1.91. The van der Waals surface area contributed by atoms with Gasteiger partial charge in [-0.25, -0.2) is 0 Å². The Morgan fingerprint density at radius 2 is 2.00 bits per heavy atom. The number of rotatable bonds is 2. The number of nitrogen functional groups attached to an aromatic ring is 1. The lowest BCUT2D eigenvalue weighted by Gasteiger charge is -2.04. The lowest BCUT2D eigenvalue weighted by molar-refractivity contribution is 0.534. The standard InChI is InChI=1S/C12H14ClN3/c1-8(2)16-7-11(14)12(15-16)9-5-3-4-6-10(9)13/h3-8H,14H2,1-2H3. The zero-order chi connectivity index (χ0) is 11.7. The summed E-state index contributed by atoms with van der Waals surface area (Å²) in [5, 5.41) is 5.12. The van der Waals surface area contributed by atoms with E-state index in [2.05, 4.69) is 18.9 Å². The first-order valence-corrected chi connectivity index (χ1v) is 5.57. The minimum Gasteiger partial charge on any atom is -0.396 e. The molecule has 2 aromatic rings. The fourth-order valence-electron chi connectivity index (χ4n) is 1.53. The van der Waals surface area contributed by atoms with Crippen molar-refractivity contribution in [1.82, 2.24) is 9.78 Å². The molecule has 84 valence electrons. The van der Waals surface area contributed by atoms with Gasteiger partial charge in [-0.05, 0) is 19.9 Å². The summed E-state index contributed by atoms with van der Waals surface area (Å²) in [7, 11) is 0. The van der Waals surface area contributed by atoms with Crippen LogP contribution < -0.4 is 5.73 Å². The molecule has 2 rings (SSSR count). The summed E-state index contributed by atoms with van der Waals surface area (Å²) >= 11 is 6.11. The van der Waals surface area contributed by atoms with E-state index in [0.717, 1.165) is 11.3 Å². The average Bonchev–Trinajstić information content (AvgIpc) is 2.61. The zero-order valence-electron chi connectivity index (χ0n) is 9.31. The van der Waals surface area contributed by atoms with Crippen molar-refractivity contribution in [1.29, 1.82) is 0 Å². The Morgan fingerprint density at radius 1 is 1.31 bits per heavy atom. The largest absolute Gasteiger partial charge is 0.396 e. The first-order valence-electron chi connectivity index (χ1n) is 5.19. The van der Waals surface area contributed by atoms with Crippen molar-refractivity contribution < 1.29 is 0 Å². The maximum Gasteiger partial charge on any atom is 0.117 e. The summed E-state index contributed by atoms with van der Waals surface area (Å²) in [5.41, 5.74) is 8.22. The molecule has 16 heavy (non-hydrogen) atoms. The highest BCUT2D eigenvalue weighted by Crippen LogP contribution is 2.30. The van der Waals surface area contributed by atoms with Crippen LogP contribution in [0, 0.1) is 0 Å². The van der Waals surface area contributed by atoms with E-state index >= 15 is 0 Å². The van der Waals surface area contributed by atoms with Crippen LogP contribution in [-0.4, -0.2) is 9.78 Å². The van der Waals surface area contributed by atoms with Gasteiger partial charge in [0, 0.05) is 17.8 Å². The molecular formula is C12H14ClN3. The molecular weight excluding hydrogens is 222 g/mol. The number of halogens is 1. The van der Waals surface area contributed by atoms with E-state index in [1.807, 2.05) is 35.1 Å². The van der Waals surface area contributed by atoms with Gasteiger partial charge in [0.25, 0.3) is 0 Å². The number of nitrogens with two attached hydrogens (primary N) is 1. The third-order valence-electron chi connectivity index (χ3n) is 2.42. The van der Waals surface area contributed by atoms with Crippen molar-refractivity contribution in [2.45, 2.75) is 19.9 Å². The molecule has 0 aliphatic heterocycles. The van der Waals surface area contributed by atoms with Gasteiger partial charge in [0.1, 0.15) is 5.69 Å². The van der Waals surface area contributed by atoms with Crippen LogP contribution in [0.2, 0.25) is 5.02 Å². The van der Waals surface area contributed by atoms with Crippen molar-refractivity contribution in [3.63, 3.8) is 0 Å². The second-order valence-electron chi connectivity index (χ2n) is 3.99. The predicted molar refractivity (Wildman–Crippen MR) is 67.5 cm³/mol. The van der Waals surface area contributed by atoms with Crippen LogP contribution in [0.1, 0.15) is 19.9 Å². The molecule has 0 aliphatic rings. The fraction of sp³-hybridized carbons (Fsp3) is 0.250. The average molecular weight is 236 g/mol. The highest BCUT2D eigenvalue weighted by Gasteiger charge is 2.12. The van der Waals surface area contributed by atoms with Crippen LogP contribution in [0.3, 0.4) is 0 Å². The molecule has 0 saturated heterocycles. The number of hydrogen-bond donors (Lipinski definition) is 1. The molecule has 0 fully saturated rings. The second-order valence-corrected chi connectivity index (χ2v) is 4.39. The first kappa shape index (κ1) is 11.0. The van der Waals surface area contributed by atoms with E-state index in [1.165, 1.54) is 0 Å². The Kier molecular flexibility index (Phi) is 2.88. The topological polar surface area (TPSA) is 43.8 Å². The molecule has 2 N–H and O–H groups in total. The third-order valence-corrected chi connectivity index (χ3v) is 2.75. The second kappa shape index (κ2) is 4.18. The molecule has 1 aromatic carbocycles. The van der Waals surface area contributed by atoms with Crippen LogP contribution in [-0.2, 0) is 0 Å². The highest BCUT2D eigenvalue weighted by molar-refractivity contribution is 6.33. The number of aromatic nitrogens is 2. The molecule has 0 radical (unpaired) electrons. The smallest absolute Gasteiger partial charge is 0.117 e. The van der Waals surface area contributed by atoms with E-state index in [0.29, 0.717) is 16.8 Å². The molecule has 0 spiro atoms. The van der Waals surface area contributed by atoms with E-state index in [-0.39, 0.29) is 0 Å². The lowest BCUT2D eigenvalue weighted by atomic mass is 10.1. The van der Waals surface area contributed by atoms with Crippen LogP contribution in [0.15, 0.2) is 30.5 Å². The first-order chi connectivity index (χ1) is 7.59. The SMILES string of the molecule is CC(C)n1cc(N)c(-c2ccccc2Cl)n1. The van der Waals surface area contributed by atoms with Crippen molar-refractivity contribution in [2.24, 2.45) is 0 Å². The Morgan fingerprint density at radius 3 is 2.56 bits per heavy atom. The molecule has 0 saturated carbocycles. The molecule has 1 heterocycles. The van der Waals surface area contributed by atoms with Crippen LogP contribution in [0.5, 0.6) is 0 Å². The summed E-state index contributed by atoms with van der Waals surface area (Å²) < 4.78 is 1.84. The normalized spacial score (nSPS) is 11.0. The van der Waals surface area contributed by atoms with Gasteiger partial charge in [-0.1, -0.05) is 29.8 Å². The van der Waals surface area contributed by atoms with Gasteiger partial charge in [0.2, 0.25) is 0 Å². The van der Waals surface area contributed by atoms with Gasteiger partial charge >= 0.3 is 0 Å². The quantitative estimate of drug-likeness (QED) is 0.868. The number of anilines is 1. The molecule has 0 aliphatic carbocycles. The van der Waals surface area contributed by atoms with E-state index in [1.54, 1.807) is 0 Å². The summed E-state index contributed by atoms with van der Waals surface area (Å²) in [6, 6.07) is 7.87. The van der Waals surface area contributed by atoms with Crippen LogP contribution in [0.4, 0.5) is 5.69 Å². The Balaban J connectivity index is 2.52. The molecule has 4 heteroatoms. The molecule has 0 amide bonds. The van der Waals surface area contributed by atoms with Crippen molar-refractivity contribution in [3.8, 4) is 11.3 Å². The Bertz CT molecular complexity index is 503. The summed E-state index contributed by atoms with van der Waals surface area (Å²) in [6.45, 7) is 4.12. The van der Waals surface area contributed by atoms with Crippen molar-refractivity contribution in [3.05, 3.63) is 35.5 Å². The molecule has 0 atom stereocenters. The maximum atomic E-state index is 6.11. The summed E-state index contributed by atoms with van der Waals surface area (Å²) in [4.78, 5) is 0. The minimum atomic E-state index is 0.290. The summed E-state index contributed by atoms with van der Waals surface area (Å²) in [5.74, 6) is 0. The van der Waals surface area contributed by atoms with Gasteiger partial charge in [-0.3, -0.25) is 4.68 Å². The molecule has 0 unspecified atom stereocenters. The lowest BCUT2D eigenvalue weighted by Crippen LogP contribution is -2.00. The number of nitrogens with zero attached hydrogens (tertiary/aromatic N) is 2. The van der Waals surface area contributed by atoms with E-state index < -0.39 is 0 Å². The monoisotopic (exact) mass is 235 g/mol. The van der Waals surface area contributed by atoms with Gasteiger partial charge in [0.15, 0.2) is 0 Å². The predicted octanol–water partition coefficient (Wildman–Crippen LogP) is 3.37. The highest BCUT2D eigenvalue weighted by atomic mass is 35.5. The number of hydrogen-bond acceptors (Lipinski definition) is 2. The van der Waals surface area contributed by atoms with Gasteiger partial charge in [0.05, 0.1) is 10.7 Å². The zero-order valence-corrected chi connectivity index (χ0v) is 10.1. The minimum absolute atomic E-state index is 0.290. The van der Waals surface area contributed by atoms with Gasteiger partial charge in [-0.15, -0.1) is 0 Å². The van der Waals surface area contributed by atoms with Gasteiger partial charge in [-0.2, -0.15) is 5.10 Å². The Hall–Kier alpha value is -1.48. The van der Waals surface area contributed by atoms with Crippen molar-refractivity contribution in [2.75, 3.05) is 5.73 Å². The Labute approximate surface area is 99.8 Å². The molecule has 1 aromatic heterocycles. The molecule has 3 nitrogen and oxygen atoms in total. The van der Waals surface area contributed by atoms with Crippen molar-refractivity contribution >= 4 is 17.3 Å². The van der Waals surface area contributed by atoms with Crippen LogP contribution in [0.25, 0.3) is 11.3 Å². The molecule has 0 bridgehead atoms. The van der Waals surface area contributed by atoms with Crippen LogP contribution >= 0.6 is 11.6 Å². The van der Waals surface area contributed by atoms with E-state index in [4.69, 9.17) is 17.3 Å².